The van der Waals surface area contributed by atoms with Crippen LogP contribution in [0.25, 0.3) is 10.9 Å². The van der Waals surface area contributed by atoms with Crippen LogP contribution in [0.1, 0.15) is 6.42 Å². The topological polar surface area (TPSA) is 58.1 Å². The van der Waals surface area contributed by atoms with Crippen LogP contribution in [-0.4, -0.2) is 40.4 Å². The number of benzene rings is 1. The van der Waals surface area contributed by atoms with Gasteiger partial charge in [-0.3, -0.25) is 4.79 Å². The van der Waals surface area contributed by atoms with E-state index < -0.39 is 0 Å². The van der Waals surface area contributed by atoms with Gasteiger partial charge in [-0.05, 0) is 18.6 Å². The summed E-state index contributed by atoms with van der Waals surface area (Å²) in [4.78, 5) is 22.0. The predicted molar refractivity (Wildman–Crippen MR) is 69.2 cm³/mol. The maximum absolute atomic E-state index is 11.9. The van der Waals surface area contributed by atoms with Crippen molar-refractivity contribution >= 4 is 22.6 Å². The average Bonchev–Trinajstić information content (AvgIpc) is 2.71. The summed E-state index contributed by atoms with van der Waals surface area (Å²) in [5, 5.41) is 4.17. The van der Waals surface area contributed by atoms with Gasteiger partial charge in [-0.25, -0.2) is 9.97 Å². The highest BCUT2D eigenvalue weighted by molar-refractivity contribution is 5.92. The summed E-state index contributed by atoms with van der Waals surface area (Å²) >= 11 is 0. The lowest BCUT2D eigenvalue weighted by molar-refractivity contribution is -0.127. The molecule has 0 radical (unpaired) electrons. The second-order valence-electron chi connectivity index (χ2n) is 4.48. The Bertz CT molecular complexity index is 593. The summed E-state index contributed by atoms with van der Waals surface area (Å²) in [5.74, 6) is 0.854. The predicted octanol–water partition coefficient (Wildman–Crippen LogP) is 1.27. The van der Waals surface area contributed by atoms with Gasteiger partial charge in [0.15, 0.2) is 0 Å². The highest BCUT2D eigenvalue weighted by Gasteiger charge is 2.29. The molecule has 1 aliphatic rings. The first kappa shape index (κ1) is 11.0. The van der Waals surface area contributed by atoms with Crippen LogP contribution >= 0.6 is 0 Å². The lowest BCUT2D eigenvalue weighted by Gasteiger charge is -2.13. The molecule has 1 amide bonds. The van der Waals surface area contributed by atoms with Crippen molar-refractivity contribution in [1.29, 1.82) is 0 Å². The summed E-state index contributed by atoms with van der Waals surface area (Å²) in [6.45, 7) is 0.791. The van der Waals surface area contributed by atoms with Crippen molar-refractivity contribution in [3.8, 4) is 0 Å². The molecule has 1 unspecified atom stereocenters. The van der Waals surface area contributed by atoms with E-state index >= 15 is 0 Å². The number of hydrogen-bond donors (Lipinski definition) is 1. The molecule has 1 saturated heterocycles. The van der Waals surface area contributed by atoms with E-state index in [1.165, 1.54) is 6.33 Å². The van der Waals surface area contributed by atoms with Crippen molar-refractivity contribution in [1.82, 2.24) is 14.9 Å². The molecule has 1 atom stereocenters. The van der Waals surface area contributed by atoms with E-state index in [0.717, 1.165) is 29.7 Å². The van der Waals surface area contributed by atoms with Crippen LogP contribution in [0.5, 0.6) is 0 Å². The fourth-order valence-electron chi connectivity index (χ4n) is 2.24. The molecule has 0 aliphatic carbocycles. The van der Waals surface area contributed by atoms with Crippen LogP contribution in [0.3, 0.4) is 0 Å². The molecule has 0 spiro atoms. The number of para-hydroxylation sites is 1. The van der Waals surface area contributed by atoms with Crippen molar-refractivity contribution in [2.24, 2.45) is 0 Å². The van der Waals surface area contributed by atoms with Crippen LogP contribution in [0.2, 0.25) is 0 Å². The van der Waals surface area contributed by atoms with Crippen molar-refractivity contribution in [2.75, 3.05) is 18.9 Å². The van der Waals surface area contributed by atoms with Crippen molar-refractivity contribution in [3.63, 3.8) is 0 Å². The third-order valence-electron chi connectivity index (χ3n) is 3.28. The minimum atomic E-state index is -0.173. The number of nitrogens with zero attached hydrogens (tertiary/aromatic N) is 3. The van der Waals surface area contributed by atoms with Crippen LogP contribution in [-0.2, 0) is 4.79 Å². The maximum atomic E-state index is 11.9. The smallest absolute Gasteiger partial charge is 0.244 e. The Kier molecular flexibility index (Phi) is 2.59. The van der Waals surface area contributed by atoms with Gasteiger partial charge in [-0.2, -0.15) is 0 Å². The molecule has 1 aliphatic heterocycles. The minimum Gasteiger partial charge on any atom is -0.358 e. The van der Waals surface area contributed by atoms with Gasteiger partial charge in [0.05, 0.1) is 5.52 Å². The first-order valence-electron chi connectivity index (χ1n) is 5.97. The summed E-state index contributed by atoms with van der Waals surface area (Å²) in [5.41, 5.74) is 0.883. The number of likely N-dealkylation sites (N-methyl/N-ethyl adjacent to an activating group) is 1. The third kappa shape index (κ3) is 1.77. The number of rotatable bonds is 2. The van der Waals surface area contributed by atoms with Gasteiger partial charge in [-0.1, -0.05) is 12.1 Å². The molecule has 1 aromatic heterocycles. The van der Waals surface area contributed by atoms with E-state index in [9.17, 15) is 4.79 Å². The average molecular weight is 242 g/mol. The summed E-state index contributed by atoms with van der Waals surface area (Å²) in [6, 6.07) is 7.60. The molecule has 0 bridgehead atoms. The molecule has 1 N–H and O–H groups in total. The van der Waals surface area contributed by atoms with Crippen molar-refractivity contribution < 1.29 is 4.79 Å². The van der Waals surface area contributed by atoms with Gasteiger partial charge in [-0.15, -0.1) is 0 Å². The molecule has 5 nitrogen and oxygen atoms in total. The maximum Gasteiger partial charge on any atom is 0.244 e. The highest BCUT2D eigenvalue weighted by Crippen LogP contribution is 2.21. The van der Waals surface area contributed by atoms with Gasteiger partial charge in [0.25, 0.3) is 0 Å². The van der Waals surface area contributed by atoms with E-state index in [1.54, 1.807) is 4.90 Å². The van der Waals surface area contributed by atoms with Gasteiger partial charge in [0.2, 0.25) is 5.91 Å². The number of hydrogen-bond acceptors (Lipinski definition) is 4. The zero-order valence-corrected chi connectivity index (χ0v) is 10.1. The SMILES string of the molecule is CN1CCC(Nc2ncnc3ccccc23)C1=O. The van der Waals surface area contributed by atoms with Crippen molar-refractivity contribution in [3.05, 3.63) is 30.6 Å². The molecular formula is C13H14N4O. The van der Waals surface area contributed by atoms with Gasteiger partial charge in [0.1, 0.15) is 18.2 Å². The van der Waals surface area contributed by atoms with E-state index in [1.807, 2.05) is 31.3 Å². The first-order chi connectivity index (χ1) is 8.75. The largest absolute Gasteiger partial charge is 0.358 e. The number of carbonyl (C=O) groups is 1. The second kappa shape index (κ2) is 4.25. The number of aromatic nitrogens is 2. The van der Waals surface area contributed by atoms with Crippen LogP contribution < -0.4 is 5.32 Å². The molecule has 0 saturated carbocycles. The quantitative estimate of drug-likeness (QED) is 0.861. The lowest BCUT2D eigenvalue weighted by atomic mass is 10.2. The number of likely N-dealkylation sites (tertiary alicyclic amines) is 1. The second-order valence-corrected chi connectivity index (χ2v) is 4.48. The molecule has 5 heteroatoms. The molecule has 18 heavy (non-hydrogen) atoms. The lowest BCUT2D eigenvalue weighted by Crippen LogP contribution is -2.31. The fourth-order valence-corrected chi connectivity index (χ4v) is 2.24. The molecule has 1 aromatic carbocycles. The number of anilines is 1. The van der Waals surface area contributed by atoms with E-state index in [2.05, 4.69) is 15.3 Å². The van der Waals surface area contributed by atoms with Crippen LogP contribution in [0.15, 0.2) is 30.6 Å². The molecule has 3 rings (SSSR count). The zero-order valence-electron chi connectivity index (χ0n) is 10.1. The highest BCUT2D eigenvalue weighted by atomic mass is 16.2. The number of nitrogens with one attached hydrogen (secondary N) is 1. The molecule has 2 heterocycles. The standard InChI is InChI=1S/C13H14N4O/c1-17-7-6-11(13(17)18)16-12-9-4-2-3-5-10(9)14-8-15-12/h2-5,8,11H,6-7H2,1H3,(H,14,15,16). The molecule has 1 fully saturated rings. The van der Waals surface area contributed by atoms with E-state index in [-0.39, 0.29) is 11.9 Å². The Morgan fingerprint density at radius 1 is 1.33 bits per heavy atom. The third-order valence-corrected chi connectivity index (χ3v) is 3.28. The zero-order chi connectivity index (χ0) is 12.5. The van der Waals surface area contributed by atoms with E-state index in [0.29, 0.717) is 0 Å². The Balaban J connectivity index is 1.93. The normalized spacial score (nSPS) is 19.5. The van der Waals surface area contributed by atoms with Crippen LogP contribution in [0, 0.1) is 0 Å². The Morgan fingerprint density at radius 2 is 2.17 bits per heavy atom. The Labute approximate surface area is 105 Å². The minimum absolute atomic E-state index is 0.123. The summed E-state index contributed by atoms with van der Waals surface area (Å²) in [7, 11) is 1.82. The van der Waals surface area contributed by atoms with Gasteiger partial charge < -0.3 is 10.2 Å². The van der Waals surface area contributed by atoms with E-state index in [4.69, 9.17) is 0 Å². The molecule has 92 valence electrons. The summed E-state index contributed by atoms with van der Waals surface area (Å²) < 4.78 is 0. The van der Waals surface area contributed by atoms with Gasteiger partial charge >= 0.3 is 0 Å². The number of carbonyl (C=O) groups excluding carboxylic acids is 1. The Hall–Kier alpha value is -2.17. The monoisotopic (exact) mass is 242 g/mol. The van der Waals surface area contributed by atoms with Crippen molar-refractivity contribution in [2.45, 2.75) is 12.5 Å². The van der Waals surface area contributed by atoms with Gasteiger partial charge in [0, 0.05) is 19.0 Å². The number of fused-ring (bicyclic) bond motifs is 1. The molecular weight excluding hydrogens is 228 g/mol. The Morgan fingerprint density at radius 3 is 2.94 bits per heavy atom. The molecule has 2 aromatic rings. The first-order valence-corrected chi connectivity index (χ1v) is 5.97. The summed E-state index contributed by atoms with van der Waals surface area (Å²) in [6.07, 6.45) is 2.33. The van der Waals surface area contributed by atoms with Crippen LogP contribution in [0.4, 0.5) is 5.82 Å². The number of amides is 1. The fraction of sp³-hybridized carbons (Fsp3) is 0.308.